The van der Waals surface area contributed by atoms with Gasteiger partial charge in [0, 0.05) is 11.5 Å². The van der Waals surface area contributed by atoms with Gasteiger partial charge in [0.25, 0.3) is 0 Å². The van der Waals surface area contributed by atoms with E-state index in [1.807, 2.05) is 0 Å². The number of sulfone groups is 1. The summed E-state index contributed by atoms with van der Waals surface area (Å²) >= 11 is -2.12. The second-order valence-corrected chi connectivity index (χ2v) is 5.83. The molecule has 0 heterocycles. The Hall–Kier alpha value is 0.0600. The summed E-state index contributed by atoms with van der Waals surface area (Å²) in [5.74, 6) is 0.0657. The quantitative estimate of drug-likeness (QED) is 0.586. The van der Waals surface area contributed by atoms with Crippen LogP contribution in [-0.4, -0.2) is 34.4 Å². The van der Waals surface area contributed by atoms with Crippen molar-refractivity contribution in [3.63, 3.8) is 0 Å². The molecule has 74 valence electrons. The normalized spacial score (nSPS) is 14.5. The number of hydrogen-bond acceptors (Lipinski definition) is 4. The Labute approximate surface area is 75.6 Å². The van der Waals surface area contributed by atoms with Gasteiger partial charge >= 0.3 is 0 Å². The molecule has 4 nitrogen and oxygen atoms in total. The molecule has 0 radical (unpaired) electrons. The first-order valence-corrected chi connectivity index (χ1v) is 6.81. The van der Waals surface area contributed by atoms with E-state index in [0.29, 0.717) is 6.42 Å². The van der Waals surface area contributed by atoms with Crippen molar-refractivity contribution in [1.82, 2.24) is 0 Å². The maximum Gasteiger partial charge on any atom is 0.150 e. The van der Waals surface area contributed by atoms with E-state index in [-0.39, 0.29) is 23.7 Å². The van der Waals surface area contributed by atoms with Crippen LogP contribution in [0.2, 0.25) is 0 Å². The fourth-order valence-corrected chi connectivity index (χ4v) is 2.78. The van der Waals surface area contributed by atoms with Crippen molar-refractivity contribution in [2.45, 2.75) is 19.8 Å². The van der Waals surface area contributed by atoms with Crippen molar-refractivity contribution in [3.8, 4) is 0 Å². The fraction of sp³-hybridized carbons (Fsp3) is 1.00. The lowest BCUT2D eigenvalue weighted by atomic mass is 10.6. The first kappa shape index (κ1) is 12.1. The summed E-state index contributed by atoms with van der Waals surface area (Å²) in [7, 11) is -3.00. The molecular formula is C6H13O4S2-. The second-order valence-electron chi connectivity index (χ2n) is 2.51. The monoisotopic (exact) mass is 213 g/mol. The molecule has 6 heteroatoms. The summed E-state index contributed by atoms with van der Waals surface area (Å²) < 4.78 is 42.1. The Balaban J connectivity index is 3.69. The Morgan fingerprint density at radius 3 is 2.33 bits per heavy atom. The standard InChI is InChI=1S/C6H14O4S2/c1-2-5-12(9,10)6-3-4-11(7)8/h2-6H2,1H3,(H,7,8)/p-1. The highest BCUT2D eigenvalue weighted by Gasteiger charge is 2.07. The van der Waals surface area contributed by atoms with E-state index in [9.17, 15) is 17.2 Å². The van der Waals surface area contributed by atoms with Gasteiger partial charge in [0.1, 0.15) is 9.84 Å². The molecule has 0 aliphatic heterocycles. The van der Waals surface area contributed by atoms with Crippen LogP contribution < -0.4 is 0 Å². The van der Waals surface area contributed by atoms with Crippen molar-refractivity contribution < 1.29 is 17.2 Å². The van der Waals surface area contributed by atoms with Gasteiger partial charge in [0.2, 0.25) is 0 Å². The van der Waals surface area contributed by atoms with Crippen molar-refractivity contribution in [1.29, 1.82) is 0 Å². The van der Waals surface area contributed by atoms with Crippen LogP contribution in [-0.2, 0) is 20.9 Å². The predicted octanol–water partition coefficient (Wildman–Crippen LogP) is 0.0804. The zero-order valence-corrected chi connectivity index (χ0v) is 8.62. The Bertz CT molecular complexity index is 232. The first-order valence-electron chi connectivity index (χ1n) is 3.74. The van der Waals surface area contributed by atoms with Crippen LogP contribution in [0.5, 0.6) is 0 Å². The third-order valence-corrected chi connectivity index (χ3v) is 3.84. The van der Waals surface area contributed by atoms with Crippen LogP contribution in [0.15, 0.2) is 0 Å². The smallest absolute Gasteiger partial charge is 0.150 e. The van der Waals surface area contributed by atoms with Crippen molar-refractivity contribution in [2.24, 2.45) is 0 Å². The molecule has 0 saturated carbocycles. The van der Waals surface area contributed by atoms with Crippen LogP contribution >= 0.6 is 0 Å². The molecule has 0 aromatic carbocycles. The zero-order valence-electron chi connectivity index (χ0n) is 6.99. The minimum atomic E-state index is -3.00. The SMILES string of the molecule is CCCS(=O)(=O)CCCS(=O)[O-]. The summed E-state index contributed by atoms with van der Waals surface area (Å²) in [5, 5.41) is 0. The molecule has 0 bridgehead atoms. The Kier molecular flexibility index (Phi) is 5.69. The summed E-state index contributed by atoms with van der Waals surface area (Å²) in [4.78, 5) is 0. The van der Waals surface area contributed by atoms with Gasteiger partial charge in [-0.05, 0) is 12.8 Å². The lowest BCUT2D eigenvalue weighted by Gasteiger charge is -2.04. The molecule has 0 rings (SSSR count). The molecule has 0 aliphatic rings. The van der Waals surface area contributed by atoms with Crippen molar-refractivity contribution in [3.05, 3.63) is 0 Å². The predicted molar refractivity (Wildman–Crippen MR) is 47.3 cm³/mol. The second kappa shape index (κ2) is 5.66. The molecule has 0 fully saturated rings. The van der Waals surface area contributed by atoms with Crippen molar-refractivity contribution in [2.75, 3.05) is 17.3 Å². The van der Waals surface area contributed by atoms with E-state index in [1.165, 1.54) is 0 Å². The molecule has 0 saturated heterocycles. The molecule has 0 amide bonds. The van der Waals surface area contributed by atoms with Crippen molar-refractivity contribution >= 4 is 20.9 Å². The molecular weight excluding hydrogens is 200 g/mol. The summed E-state index contributed by atoms with van der Waals surface area (Å²) in [6.45, 7) is 1.78. The fourth-order valence-electron chi connectivity index (χ4n) is 0.810. The van der Waals surface area contributed by atoms with E-state index in [0.717, 1.165) is 0 Å². The number of hydrogen-bond donors (Lipinski definition) is 0. The van der Waals surface area contributed by atoms with Gasteiger partial charge in [-0.15, -0.1) is 0 Å². The van der Waals surface area contributed by atoms with Gasteiger partial charge in [-0.25, -0.2) is 8.42 Å². The minimum absolute atomic E-state index is 0.0190. The lowest BCUT2D eigenvalue weighted by molar-refractivity contribution is 0.536. The van der Waals surface area contributed by atoms with Gasteiger partial charge in [0.05, 0.1) is 5.75 Å². The Morgan fingerprint density at radius 2 is 1.92 bits per heavy atom. The van der Waals surface area contributed by atoms with E-state index >= 15 is 0 Å². The molecule has 1 atom stereocenters. The maximum atomic E-state index is 11.0. The van der Waals surface area contributed by atoms with Crippen LogP contribution in [0, 0.1) is 0 Å². The van der Waals surface area contributed by atoms with Gasteiger partial charge in [-0.2, -0.15) is 0 Å². The average molecular weight is 213 g/mol. The highest BCUT2D eigenvalue weighted by atomic mass is 32.2. The van der Waals surface area contributed by atoms with Gasteiger partial charge in [-0.3, -0.25) is 4.21 Å². The topological polar surface area (TPSA) is 74.3 Å². The molecule has 0 aliphatic carbocycles. The Morgan fingerprint density at radius 1 is 1.33 bits per heavy atom. The van der Waals surface area contributed by atoms with Crippen LogP contribution in [0.1, 0.15) is 19.8 Å². The van der Waals surface area contributed by atoms with E-state index in [2.05, 4.69) is 0 Å². The largest absolute Gasteiger partial charge is 0.772 e. The summed E-state index contributed by atoms with van der Waals surface area (Å²) in [6, 6.07) is 0. The van der Waals surface area contributed by atoms with E-state index < -0.39 is 20.9 Å². The first-order chi connectivity index (χ1) is 5.48. The molecule has 0 aromatic rings. The third-order valence-electron chi connectivity index (χ3n) is 1.28. The molecule has 0 N–H and O–H groups in total. The van der Waals surface area contributed by atoms with Crippen LogP contribution in [0.3, 0.4) is 0 Å². The van der Waals surface area contributed by atoms with Crippen LogP contribution in [0.25, 0.3) is 0 Å². The molecule has 0 spiro atoms. The molecule has 0 aromatic heterocycles. The molecule has 1 unspecified atom stereocenters. The van der Waals surface area contributed by atoms with Gasteiger partial charge in [-0.1, -0.05) is 18.0 Å². The maximum absolute atomic E-state index is 11.0. The van der Waals surface area contributed by atoms with E-state index in [1.54, 1.807) is 6.92 Å². The highest BCUT2D eigenvalue weighted by Crippen LogP contribution is 1.97. The van der Waals surface area contributed by atoms with E-state index in [4.69, 9.17) is 0 Å². The number of rotatable bonds is 6. The zero-order chi connectivity index (χ0) is 9.61. The van der Waals surface area contributed by atoms with Gasteiger partial charge < -0.3 is 4.55 Å². The summed E-state index contributed by atoms with van der Waals surface area (Å²) in [5.41, 5.74) is 0. The third kappa shape index (κ3) is 6.75. The minimum Gasteiger partial charge on any atom is -0.772 e. The van der Waals surface area contributed by atoms with Crippen LogP contribution in [0.4, 0.5) is 0 Å². The molecule has 12 heavy (non-hydrogen) atoms. The highest BCUT2D eigenvalue weighted by molar-refractivity contribution is 7.91. The average Bonchev–Trinajstić information content (AvgIpc) is 1.85. The summed E-state index contributed by atoms with van der Waals surface area (Å²) in [6.07, 6.45) is 0.793. The van der Waals surface area contributed by atoms with Gasteiger partial charge in [0.15, 0.2) is 0 Å². The lowest BCUT2D eigenvalue weighted by Crippen LogP contribution is -2.12.